The van der Waals surface area contributed by atoms with Crippen LogP contribution >= 0.6 is 0 Å². The number of aryl methyl sites for hydroxylation is 5. The van der Waals surface area contributed by atoms with E-state index in [0.29, 0.717) is 24.4 Å². The van der Waals surface area contributed by atoms with Crippen LogP contribution in [0.3, 0.4) is 0 Å². The number of benzene rings is 4. The Kier molecular flexibility index (Phi) is 14.6. The maximum atomic E-state index is 11.9. The molecule has 0 aromatic heterocycles. The highest BCUT2D eigenvalue weighted by molar-refractivity contribution is 5.87. The monoisotopic (exact) mass is 684 g/mol. The van der Waals surface area contributed by atoms with Crippen molar-refractivity contribution in [3.05, 3.63) is 130 Å². The van der Waals surface area contributed by atoms with Crippen LogP contribution in [-0.2, 0) is 51.2 Å². The van der Waals surface area contributed by atoms with Gasteiger partial charge in [-0.05, 0) is 139 Å². The second kappa shape index (κ2) is 19.1. The summed E-state index contributed by atoms with van der Waals surface area (Å²) in [6, 6.07) is 27.5. The number of ether oxygens (including phenoxy) is 2. The Bertz CT molecular complexity index is 1790. The third kappa shape index (κ3) is 10.7. The SMILES string of the molecule is C=C(C)C(=O)OCCCc1cc(-c2ccc(-c3ccc(-c4ccc(CCCC)cc4)c(CC)c3)cc2CC)cc(CCCOC(=O)C(=C)C)c1C. The largest absolute Gasteiger partial charge is 0.462 e. The van der Waals surface area contributed by atoms with E-state index >= 15 is 0 Å². The van der Waals surface area contributed by atoms with Crippen molar-refractivity contribution in [1.82, 2.24) is 0 Å². The number of carbonyl (C=O) groups is 2. The number of unbranched alkanes of at least 4 members (excludes halogenated alkanes) is 1. The van der Waals surface area contributed by atoms with Crippen LogP contribution in [0.15, 0.2) is 97.1 Å². The van der Waals surface area contributed by atoms with Crippen molar-refractivity contribution in [1.29, 1.82) is 0 Å². The van der Waals surface area contributed by atoms with Gasteiger partial charge in [0.25, 0.3) is 0 Å². The predicted octanol–water partition coefficient (Wildman–Crippen LogP) is 11.6. The number of esters is 2. The molecule has 0 radical (unpaired) electrons. The van der Waals surface area contributed by atoms with Crippen molar-refractivity contribution in [2.75, 3.05) is 13.2 Å². The fourth-order valence-corrected chi connectivity index (χ4v) is 6.54. The molecule has 4 aromatic carbocycles. The van der Waals surface area contributed by atoms with Gasteiger partial charge in [0.15, 0.2) is 0 Å². The van der Waals surface area contributed by atoms with Gasteiger partial charge >= 0.3 is 11.9 Å². The summed E-state index contributed by atoms with van der Waals surface area (Å²) in [6.45, 7) is 20.2. The minimum Gasteiger partial charge on any atom is -0.462 e. The Labute approximate surface area is 306 Å². The van der Waals surface area contributed by atoms with E-state index in [-0.39, 0.29) is 11.9 Å². The van der Waals surface area contributed by atoms with Crippen LogP contribution in [-0.4, -0.2) is 25.2 Å². The van der Waals surface area contributed by atoms with Crippen molar-refractivity contribution < 1.29 is 19.1 Å². The van der Waals surface area contributed by atoms with E-state index in [2.05, 4.69) is 114 Å². The molecule has 51 heavy (non-hydrogen) atoms. The molecule has 0 saturated heterocycles. The Balaban J connectivity index is 1.63. The molecule has 0 aliphatic rings. The normalized spacial score (nSPS) is 10.9. The first-order valence-electron chi connectivity index (χ1n) is 18.7. The van der Waals surface area contributed by atoms with Crippen LogP contribution in [0.4, 0.5) is 0 Å². The highest BCUT2D eigenvalue weighted by Gasteiger charge is 2.15. The molecule has 0 unspecified atom stereocenters. The van der Waals surface area contributed by atoms with Gasteiger partial charge in [-0.1, -0.05) is 113 Å². The molecular weight excluding hydrogens is 629 g/mol. The zero-order valence-corrected chi connectivity index (χ0v) is 31.8. The average Bonchev–Trinajstić information content (AvgIpc) is 3.14. The van der Waals surface area contributed by atoms with Gasteiger partial charge in [-0.15, -0.1) is 0 Å². The van der Waals surface area contributed by atoms with Crippen molar-refractivity contribution in [3.63, 3.8) is 0 Å². The summed E-state index contributed by atoms with van der Waals surface area (Å²) in [4.78, 5) is 23.9. The van der Waals surface area contributed by atoms with E-state index in [1.807, 2.05) is 0 Å². The maximum absolute atomic E-state index is 11.9. The quantitative estimate of drug-likeness (QED) is 0.0595. The first-order valence-corrected chi connectivity index (χ1v) is 18.7. The molecule has 0 fully saturated rings. The van der Waals surface area contributed by atoms with Gasteiger partial charge in [0, 0.05) is 11.1 Å². The first-order chi connectivity index (χ1) is 24.6. The van der Waals surface area contributed by atoms with Gasteiger partial charge in [0.2, 0.25) is 0 Å². The molecule has 0 spiro atoms. The molecule has 4 nitrogen and oxygen atoms in total. The Morgan fingerprint density at radius 1 is 0.549 bits per heavy atom. The van der Waals surface area contributed by atoms with Crippen LogP contribution in [0.5, 0.6) is 0 Å². The molecule has 4 aromatic rings. The lowest BCUT2D eigenvalue weighted by atomic mass is 9.87. The van der Waals surface area contributed by atoms with E-state index in [1.165, 1.54) is 79.6 Å². The van der Waals surface area contributed by atoms with Gasteiger partial charge in [-0.25, -0.2) is 9.59 Å². The van der Waals surface area contributed by atoms with Crippen LogP contribution in [0, 0.1) is 6.92 Å². The molecule has 0 saturated carbocycles. The Hall–Kier alpha value is -4.70. The summed E-state index contributed by atoms with van der Waals surface area (Å²) >= 11 is 0. The molecule has 0 heterocycles. The molecule has 0 amide bonds. The third-order valence-corrected chi connectivity index (χ3v) is 9.67. The molecule has 4 heteroatoms. The lowest BCUT2D eigenvalue weighted by Crippen LogP contribution is -2.08. The van der Waals surface area contributed by atoms with E-state index in [9.17, 15) is 9.59 Å². The highest BCUT2D eigenvalue weighted by atomic mass is 16.5. The number of carbonyl (C=O) groups excluding carboxylic acids is 2. The lowest BCUT2D eigenvalue weighted by molar-refractivity contribution is -0.139. The van der Waals surface area contributed by atoms with Crippen molar-refractivity contribution >= 4 is 11.9 Å². The van der Waals surface area contributed by atoms with Crippen LogP contribution in [0.1, 0.15) is 93.7 Å². The third-order valence-electron chi connectivity index (χ3n) is 9.67. The molecule has 0 atom stereocenters. The van der Waals surface area contributed by atoms with Gasteiger partial charge in [0.05, 0.1) is 13.2 Å². The fraction of sp³-hybridized carbons (Fsp3) is 0.362. The average molecular weight is 685 g/mol. The summed E-state index contributed by atoms with van der Waals surface area (Å²) in [5.74, 6) is -0.703. The van der Waals surface area contributed by atoms with Crippen molar-refractivity contribution in [2.45, 2.75) is 99.3 Å². The standard InChI is InChI=1S/C47H56O4/c1-9-12-15-35-18-20-38(21-19-35)44-24-22-41(28-36(44)10-2)42-23-25-45(37(11-3)29-42)43-30-39(16-13-26-50-46(48)32(4)5)34(8)40(31-43)17-14-27-51-47(49)33(6)7/h18-25,28-31H,4,6,9-17,26-27H2,1-3,5,7-8H3. The van der Waals surface area contributed by atoms with Crippen LogP contribution < -0.4 is 0 Å². The summed E-state index contributed by atoms with van der Waals surface area (Å²) in [6.07, 6.45) is 8.45. The molecule has 0 bridgehead atoms. The van der Waals surface area contributed by atoms with E-state index in [1.54, 1.807) is 13.8 Å². The number of hydrogen-bond acceptors (Lipinski definition) is 4. The van der Waals surface area contributed by atoms with Crippen molar-refractivity contribution in [3.8, 4) is 33.4 Å². The van der Waals surface area contributed by atoms with Gasteiger partial charge in [0.1, 0.15) is 0 Å². The van der Waals surface area contributed by atoms with Gasteiger partial charge in [-0.2, -0.15) is 0 Å². The zero-order valence-electron chi connectivity index (χ0n) is 31.8. The Morgan fingerprint density at radius 2 is 0.980 bits per heavy atom. The van der Waals surface area contributed by atoms with Crippen LogP contribution in [0.25, 0.3) is 33.4 Å². The fourth-order valence-electron chi connectivity index (χ4n) is 6.54. The number of rotatable bonds is 18. The highest BCUT2D eigenvalue weighted by Crippen LogP contribution is 2.35. The zero-order chi connectivity index (χ0) is 36.9. The first kappa shape index (κ1) is 39.1. The van der Waals surface area contributed by atoms with E-state index in [0.717, 1.165) is 44.9 Å². The molecule has 4 rings (SSSR count). The maximum Gasteiger partial charge on any atom is 0.333 e. The molecule has 0 N–H and O–H groups in total. The van der Waals surface area contributed by atoms with Crippen molar-refractivity contribution in [2.24, 2.45) is 0 Å². The second-order valence-electron chi connectivity index (χ2n) is 13.7. The number of hydrogen-bond donors (Lipinski definition) is 0. The lowest BCUT2D eigenvalue weighted by Gasteiger charge is -2.18. The molecular formula is C47H56O4. The Morgan fingerprint density at radius 3 is 1.41 bits per heavy atom. The summed E-state index contributed by atoms with van der Waals surface area (Å²) in [5, 5.41) is 0. The van der Waals surface area contributed by atoms with E-state index < -0.39 is 0 Å². The second-order valence-corrected chi connectivity index (χ2v) is 13.7. The summed E-state index contributed by atoms with van der Waals surface area (Å²) in [7, 11) is 0. The van der Waals surface area contributed by atoms with Gasteiger partial charge < -0.3 is 9.47 Å². The topological polar surface area (TPSA) is 52.6 Å². The minimum atomic E-state index is -0.352. The summed E-state index contributed by atoms with van der Waals surface area (Å²) in [5.41, 5.74) is 16.0. The predicted molar refractivity (Wildman–Crippen MR) is 213 cm³/mol. The smallest absolute Gasteiger partial charge is 0.333 e. The van der Waals surface area contributed by atoms with Crippen LogP contribution in [0.2, 0.25) is 0 Å². The minimum absolute atomic E-state index is 0.346. The molecule has 0 aliphatic carbocycles. The van der Waals surface area contributed by atoms with Gasteiger partial charge in [-0.3, -0.25) is 0 Å². The van der Waals surface area contributed by atoms with E-state index in [4.69, 9.17) is 9.47 Å². The molecule has 268 valence electrons. The molecule has 0 aliphatic heterocycles. The summed E-state index contributed by atoms with van der Waals surface area (Å²) < 4.78 is 10.8.